The molecular weight excluding hydrogens is 400 g/mol. The lowest BCUT2D eigenvalue weighted by molar-refractivity contribution is 0.531. The summed E-state index contributed by atoms with van der Waals surface area (Å²) in [6.45, 7) is 8.12. The number of rotatable bonds is 6. The van der Waals surface area contributed by atoms with Crippen molar-refractivity contribution in [2.24, 2.45) is 0 Å². The zero-order valence-electron chi connectivity index (χ0n) is 15.6. The Balaban J connectivity index is 1.58. The van der Waals surface area contributed by atoms with Crippen LogP contribution in [0.3, 0.4) is 0 Å². The Kier molecular flexibility index (Phi) is 7.54. The highest BCUT2D eigenvalue weighted by Crippen LogP contribution is 2.47. The van der Waals surface area contributed by atoms with Gasteiger partial charge in [0, 0.05) is 33.3 Å². The molecule has 0 amide bonds. The van der Waals surface area contributed by atoms with Crippen LogP contribution in [0.4, 0.5) is 0 Å². The van der Waals surface area contributed by atoms with Gasteiger partial charge in [0.2, 0.25) is 0 Å². The third-order valence-corrected chi connectivity index (χ3v) is 9.66. The average Bonchev–Trinajstić information content (AvgIpc) is 2.57. The first kappa shape index (κ1) is 20.3. The summed E-state index contributed by atoms with van der Waals surface area (Å²) in [4.78, 5) is 18.2. The van der Waals surface area contributed by atoms with Crippen LogP contribution in [0.1, 0.15) is 48.5 Å². The van der Waals surface area contributed by atoms with Gasteiger partial charge in [0.05, 0.1) is 0 Å². The molecule has 4 nitrogen and oxygen atoms in total. The molecule has 0 aliphatic heterocycles. The van der Waals surface area contributed by atoms with E-state index in [0.29, 0.717) is 10.5 Å². The summed E-state index contributed by atoms with van der Waals surface area (Å²) in [5, 5.41) is 2.99. The van der Waals surface area contributed by atoms with E-state index in [2.05, 4.69) is 19.9 Å². The molecule has 2 aromatic heterocycles. The molecule has 3 rings (SSSR count). The molecule has 2 atom stereocenters. The monoisotopic (exact) mass is 424 g/mol. The van der Waals surface area contributed by atoms with Crippen molar-refractivity contribution in [2.45, 2.75) is 74.2 Å². The summed E-state index contributed by atoms with van der Waals surface area (Å²) in [5.41, 5.74) is 4.16. The number of aryl methyl sites for hydroxylation is 4. The molecule has 140 valence electrons. The van der Waals surface area contributed by atoms with Crippen LogP contribution >= 0.6 is 43.2 Å². The summed E-state index contributed by atoms with van der Waals surface area (Å²) in [6.07, 6.45) is 5.14. The Hall–Kier alpha value is -0.440. The Bertz CT molecular complexity index is 652. The van der Waals surface area contributed by atoms with Gasteiger partial charge in [-0.2, -0.15) is 0 Å². The molecular formula is C18H24N4S4. The van der Waals surface area contributed by atoms with Gasteiger partial charge in [0.15, 0.2) is 10.3 Å². The predicted octanol–water partition coefficient (Wildman–Crippen LogP) is 5.99. The summed E-state index contributed by atoms with van der Waals surface area (Å²) in [7, 11) is 7.32. The van der Waals surface area contributed by atoms with E-state index in [1.807, 2.05) is 61.4 Å². The van der Waals surface area contributed by atoms with Crippen molar-refractivity contribution < 1.29 is 0 Å². The highest BCUT2D eigenvalue weighted by molar-refractivity contribution is 8.78. The average molecular weight is 425 g/mol. The third kappa shape index (κ3) is 6.04. The quantitative estimate of drug-likeness (QED) is 0.414. The van der Waals surface area contributed by atoms with Crippen LogP contribution in [0.15, 0.2) is 22.4 Å². The van der Waals surface area contributed by atoms with Crippen LogP contribution < -0.4 is 0 Å². The zero-order chi connectivity index (χ0) is 18.5. The minimum Gasteiger partial charge on any atom is -0.227 e. The molecule has 0 aromatic carbocycles. The first-order chi connectivity index (χ1) is 12.5. The highest BCUT2D eigenvalue weighted by atomic mass is 33.1. The van der Waals surface area contributed by atoms with E-state index in [9.17, 15) is 0 Å². The Morgan fingerprint density at radius 1 is 0.654 bits per heavy atom. The molecule has 8 heteroatoms. The maximum Gasteiger partial charge on any atom is 0.198 e. The fourth-order valence-electron chi connectivity index (χ4n) is 2.95. The summed E-state index contributed by atoms with van der Waals surface area (Å²) < 4.78 is 0. The van der Waals surface area contributed by atoms with Crippen LogP contribution in [-0.4, -0.2) is 30.4 Å². The van der Waals surface area contributed by atoms with E-state index >= 15 is 0 Å². The minimum atomic E-state index is 0.613. The van der Waals surface area contributed by atoms with E-state index in [-0.39, 0.29) is 0 Å². The first-order valence-corrected chi connectivity index (χ1v) is 13.2. The molecule has 0 bridgehead atoms. The Morgan fingerprint density at radius 2 is 1.00 bits per heavy atom. The van der Waals surface area contributed by atoms with E-state index in [1.165, 1.54) is 25.7 Å². The van der Waals surface area contributed by atoms with Crippen LogP contribution in [0.2, 0.25) is 0 Å². The van der Waals surface area contributed by atoms with Crippen molar-refractivity contribution in [1.82, 2.24) is 19.9 Å². The van der Waals surface area contributed by atoms with Crippen molar-refractivity contribution in [3.8, 4) is 0 Å². The van der Waals surface area contributed by atoms with Crippen molar-refractivity contribution in [2.75, 3.05) is 0 Å². The standard InChI is InChI=1S/C18H24N4S4/c1-11-9-12(2)20-17(19-11)25-23-15-7-5-6-8-16(15)24-26-18-21-13(3)10-14(4)22-18/h9-10,15-16H,5-8H2,1-4H3. The Morgan fingerprint density at radius 3 is 1.35 bits per heavy atom. The van der Waals surface area contributed by atoms with Gasteiger partial charge in [-0.15, -0.1) is 0 Å². The summed E-state index contributed by atoms with van der Waals surface area (Å²) >= 11 is 0. The maximum absolute atomic E-state index is 4.56. The summed E-state index contributed by atoms with van der Waals surface area (Å²) in [5.74, 6) is 0. The van der Waals surface area contributed by atoms with Gasteiger partial charge in [-0.25, -0.2) is 19.9 Å². The second kappa shape index (κ2) is 9.66. The molecule has 1 fully saturated rings. The molecule has 2 heterocycles. The van der Waals surface area contributed by atoms with E-state index in [0.717, 1.165) is 33.1 Å². The van der Waals surface area contributed by atoms with Gasteiger partial charge in [-0.1, -0.05) is 34.4 Å². The predicted molar refractivity (Wildman–Crippen MR) is 116 cm³/mol. The van der Waals surface area contributed by atoms with Gasteiger partial charge in [-0.05, 0) is 74.3 Å². The van der Waals surface area contributed by atoms with Crippen LogP contribution in [0.25, 0.3) is 0 Å². The smallest absolute Gasteiger partial charge is 0.198 e. The fraction of sp³-hybridized carbons (Fsp3) is 0.556. The third-order valence-electron chi connectivity index (χ3n) is 4.06. The minimum absolute atomic E-state index is 0.613. The van der Waals surface area contributed by atoms with E-state index in [4.69, 9.17) is 0 Å². The van der Waals surface area contributed by atoms with Crippen molar-refractivity contribution in [1.29, 1.82) is 0 Å². The molecule has 2 unspecified atom stereocenters. The van der Waals surface area contributed by atoms with Gasteiger partial charge >= 0.3 is 0 Å². The molecule has 2 aromatic rings. The van der Waals surface area contributed by atoms with E-state index < -0.39 is 0 Å². The number of nitrogens with zero attached hydrogens (tertiary/aromatic N) is 4. The largest absolute Gasteiger partial charge is 0.227 e. The molecule has 1 saturated carbocycles. The van der Waals surface area contributed by atoms with E-state index in [1.54, 1.807) is 21.6 Å². The second-order valence-corrected chi connectivity index (χ2v) is 11.4. The number of hydrogen-bond acceptors (Lipinski definition) is 8. The lowest BCUT2D eigenvalue weighted by atomic mass is 10.00. The van der Waals surface area contributed by atoms with Crippen molar-refractivity contribution in [3.63, 3.8) is 0 Å². The topological polar surface area (TPSA) is 51.6 Å². The normalized spacial score (nSPS) is 20.3. The molecule has 0 saturated heterocycles. The lowest BCUT2D eigenvalue weighted by Gasteiger charge is -2.29. The van der Waals surface area contributed by atoms with Gasteiger partial charge in [0.1, 0.15) is 0 Å². The van der Waals surface area contributed by atoms with Gasteiger partial charge in [0.25, 0.3) is 0 Å². The van der Waals surface area contributed by atoms with Crippen molar-refractivity contribution >= 4 is 43.2 Å². The van der Waals surface area contributed by atoms with Gasteiger partial charge < -0.3 is 0 Å². The van der Waals surface area contributed by atoms with Crippen LogP contribution in [-0.2, 0) is 0 Å². The van der Waals surface area contributed by atoms with Crippen LogP contribution in [0.5, 0.6) is 0 Å². The molecule has 0 spiro atoms. The molecule has 0 N–H and O–H groups in total. The number of hydrogen-bond donors (Lipinski definition) is 0. The Labute approximate surface area is 171 Å². The molecule has 1 aliphatic rings. The van der Waals surface area contributed by atoms with Gasteiger partial charge in [-0.3, -0.25) is 0 Å². The van der Waals surface area contributed by atoms with Crippen molar-refractivity contribution in [3.05, 3.63) is 34.9 Å². The first-order valence-electron chi connectivity index (χ1n) is 8.81. The second-order valence-electron chi connectivity index (χ2n) is 6.59. The SMILES string of the molecule is Cc1cc(C)nc(SSC2CCCCC2SSc2nc(C)cc(C)n2)n1. The fourth-order valence-corrected chi connectivity index (χ4v) is 8.99. The lowest BCUT2D eigenvalue weighted by Crippen LogP contribution is -2.23. The molecule has 26 heavy (non-hydrogen) atoms. The molecule has 1 aliphatic carbocycles. The molecule has 0 radical (unpaired) electrons. The zero-order valence-corrected chi connectivity index (χ0v) is 18.8. The maximum atomic E-state index is 4.56. The van der Waals surface area contributed by atoms with Crippen LogP contribution in [0, 0.1) is 27.7 Å². The highest BCUT2D eigenvalue weighted by Gasteiger charge is 2.27. The number of aromatic nitrogens is 4. The summed E-state index contributed by atoms with van der Waals surface area (Å²) in [6, 6.07) is 4.04.